The highest BCUT2D eigenvalue weighted by Gasteiger charge is 2.27. The van der Waals surface area contributed by atoms with E-state index in [2.05, 4.69) is 16.9 Å². The number of nitrogens with zero attached hydrogens (tertiary/aromatic N) is 2. The lowest BCUT2D eigenvalue weighted by atomic mass is 9.97. The van der Waals surface area contributed by atoms with Gasteiger partial charge in [0.2, 0.25) is 0 Å². The van der Waals surface area contributed by atoms with Gasteiger partial charge in [-0.05, 0) is 30.2 Å². The third kappa shape index (κ3) is 3.94. The number of aromatic nitrogens is 2. The molecule has 2 N–H and O–H groups in total. The van der Waals surface area contributed by atoms with E-state index >= 15 is 0 Å². The predicted octanol–water partition coefficient (Wildman–Crippen LogP) is 4.58. The van der Waals surface area contributed by atoms with Crippen LogP contribution in [0.5, 0.6) is 0 Å². The molecule has 0 unspecified atom stereocenters. The average Bonchev–Trinajstić information content (AvgIpc) is 3.05. The maximum atomic E-state index is 12.4. The number of allylic oxidation sites excluding steroid dienone is 3. The Morgan fingerprint density at radius 3 is 2.85 bits per heavy atom. The van der Waals surface area contributed by atoms with Crippen molar-refractivity contribution in [3.8, 4) is 11.3 Å². The minimum absolute atomic E-state index is 0.118. The normalized spacial score (nSPS) is 13.2. The highest BCUT2D eigenvalue weighted by Crippen LogP contribution is 2.35. The predicted molar refractivity (Wildman–Crippen MR) is 108 cm³/mol. The standard InChI is InChI=1S/C18H17ClN4O.C2H6/c1-2-3-12(6-7-20)14-11-23-9-8-21-18(24)17(23)16(14)15-5-4-13(19)10-22-15;1-2/h2,4-7,10-11,20H,1,3,8-9H2,(H,21,24);1-2H3/b12-6+,20-7?;. The van der Waals surface area contributed by atoms with Gasteiger partial charge in [0.05, 0.1) is 10.7 Å². The third-order valence-electron chi connectivity index (χ3n) is 3.91. The van der Waals surface area contributed by atoms with E-state index in [1.165, 1.54) is 6.21 Å². The lowest BCUT2D eigenvalue weighted by molar-refractivity contribution is 0.0929. The Morgan fingerprint density at radius 2 is 2.23 bits per heavy atom. The SMILES string of the molecule is C=CC/C(=C\C=N)c1cn2c(c1-c1ccc(Cl)cn1)C(=O)NCC2.CC. The number of pyridine rings is 1. The fraction of sp³-hybridized carbons (Fsp3) is 0.250. The third-order valence-corrected chi connectivity index (χ3v) is 4.13. The fourth-order valence-electron chi connectivity index (χ4n) is 2.90. The summed E-state index contributed by atoms with van der Waals surface area (Å²) in [6, 6.07) is 3.56. The molecule has 2 aromatic rings. The first-order valence-electron chi connectivity index (χ1n) is 8.60. The van der Waals surface area contributed by atoms with Gasteiger partial charge in [0.25, 0.3) is 5.91 Å². The van der Waals surface area contributed by atoms with Gasteiger partial charge in [0.1, 0.15) is 5.69 Å². The van der Waals surface area contributed by atoms with Gasteiger partial charge < -0.3 is 15.3 Å². The number of nitrogens with one attached hydrogen (secondary N) is 2. The van der Waals surface area contributed by atoms with Gasteiger partial charge in [-0.15, -0.1) is 6.58 Å². The first kappa shape index (κ1) is 19.7. The number of fused-ring (bicyclic) bond motifs is 1. The Labute approximate surface area is 158 Å². The van der Waals surface area contributed by atoms with E-state index in [1.54, 1.807) is 30.5 Å². The summed E-state index contributed by atoms with van der Waals surface area (Å²) in [7, 11) is 0. The molecule has 26 heavy (non-hydrogen) atoms. The van der Waals surface area contributed by atoms with E-state index in [1.807, 2.05) is 24.6 Å². The van der Waals surface area contributed by atoms with Crippen LogP contribution in [-0.4, -0.2) is 28.2 Å². The summed E-state index contributed by atoms with van der Waals surface area (Å²) in [6.45, 7) is 9.08. The highest BCUT2D eigenvalue weighted by atomic mass is 35.5. The minimum atomic E-state index is -0.118. The van der Waals surface area contributed by atoms with Crippen molar-refractivity contribution in [2.75, 3.05) is 6.54 Å². The van der Waals surface area contributed by atoms with Gasteiger partial charge in [-0.25, -0.2) is 0 Å². The summed E-state index contributed by atoms with van der Waals surface area (Å²) in [5.74, 6) is -0.118. The first-order chi connectivity index (χ1) is 12.7. The zero-order valence-corrected chi connectivity index (χ0v) is 15.8. The Balaban J connectivity index is 0.00000117. The van der Waals surface area contributed by atoms with E-state index in [9.17, 15) is 4.79 Å². The summed E-state index contributed by atoms with van der Waals surface area (Å²) >= 11 is 5.95. The zero-order chi connectivity index (χ0) is 19.1. The van der Waals surface area contributed by atoms with E-state index in [4.69, 9.17) is 17.0 Å². The smallest absolute Gasteiger partial charge is 0.268 e. The van der Waals surface area contributed by atoms with Crippen LogP contribution in [0.15, 0.2) is 43.3 Å². The van der Waals surface area contributed by atoms with Crippen molar-refractivity contribution < 1.29 is 4.79 Å². The molecule has 1 aliphatic heterocycles. The maximum Gasteiger partial charge on any atom is 0.268 e. The summed E-state index contributed by atoms with van der Waals surface area (Å²) in [5, 5.41) is 10.8. The quantitative estimate of drug-likeness (QED) is 0.597. The van der Waals surface area contributed by atoms with Crippen molar-refractivity contribution in [1.29, 1.82) is 5.41 Å². The minimum Gasteiger partial charge on any atom is -0.349 e. The summed E-state index contributed by atoms with van der Waals surface area (Å²) in [6.07, 6.45) is 8.87. The molecule has 3 rings (SSSR count). The van der Waals surface area contributed by atoms with Crippen molar-refractivity contribution in [3.05, 3.63) is 59.5 Å². The largest absolute Gasteiger partial charge is 0.349 e. The average molecular weight is 371 g/mol. The van der Waals surface area contributed by atoms with E-state index in [-0.39, 0.29) is 5.91 Å². The van der Waals surface area contributed by atoms with Crippen LogP contribution >= 0.6 is 11.6 Å². The lowest BCUT2D eigenvalue weighted by Crippen LogP contribution is -2.35. The van der Waals surface area contributed by atoms with E-state index < -0.39 is 0 Å². The first-order valence-corrected chi connectivity index (χ1v) is 8.97. The van der Waals surface area contributed by atoms with Crippen molar-refractivity contribution >= 4 is 29.3 Å². The topological polar surface area (TPSA) is 70.8 Å². The number of carbonyl (C=O) groups is 1. The van der Waals surface area contributed by atoms with E-state index in [0.29, 0.717) is 35.9 Å². The van der Waals surface area contributed by atoms with Crippen LogP contribution in [0.25, 0.3) is 16.8 Å². The number of hydrogen-bond acceptors (Lipinski definition) is 3. The Hall–Kier alpha value is -2.66. The molecule has 3 heterocycles. The molecule has 0 saturated carbocycles. The van der Waals surface area contributed by atoms with Crippen LogP contribution in [0, 0.1) is 5.41 Å². The second kappa shape index (κ2) is 9.15. The molecular formula is C20H23ClN4O. The Bertz CT molecular complexity index is 834. The number of hydrogen-bond donors (Lipinski definition) is 2. The van der Waals surface area contributed by atoms with Crippen LogP contribution in [0.3, 0.4) is 0 Å². The molecule has 0 spiro atoms. The molecule has 2 aromatic heterocycles. The van der Waals surface area contributed by atoms with Gasteiger partial charge in [-0.1, -0.05) is 31.5 Å². The molecule has 0 saturated heterocycles. The Kier molecular flexibility index (Phi) is 6.92. The lowest BCUT2D eigenvalue weighted by Gasteiger charge is -2.17. The molecule has 0 aromatic carbocycles. The molecule has 5 nitrogen and oxygen atoms in total. The van der Waals surface area contributed by atoms with Gasteiger partial charge >= 0.3 is 0 Å². The number of amides is 1. The summed E-state index contributed by atoms with van der Waals surface area (Å²) in [4.78, 5) is 16.8. The maximum absolute atomic E-state index is 12.4. The number of halogens is 1. The van der Waals surface area contributed by atoms with Gasteiger partial charge in [0, 0.05) is 42.8 Å². The molecular weight excluding hydrogens is 348 g/mol. The van der Waals surface area contributed by atoms with Crippen molar-refractivity contribution in [2.45, 2.75) is 26.8 Å². The van der Waals surface area contributed by atoms with Crippen molar-refractivity contribution in [3.63, 3.8) is 0 Å². The molecule has 0 fully saturated rings. The second-order valence-corrected chi connectivity index (χ2v) is 5.87. The van der Waals surface area contributed by atoms with Crippen LogP contribution in [-0.2, 0) is 6.54 Å². The molecule has 0 aliphatic carbocycles. The second-order valence-electron chi connectivity index (χ2n) is 5.43. The molecule has 0 radical (unpaired) electrons. The molecule has 0 bridgehead atoms. The Morgan fingerprint density at radius 1 is 1.46 bits per heavy atom. The van der Waals surface area contributed by atoms with Crippen LogP contribution in [0.2, 0.25) is 5.02 Å². The van der Waals surface area contributed by atoms with Crippen LogP contribution in [0.1, 0.15) is 36.3 Å². The van der Waals surface area contributed by atoms with Crippen LogP contribution in [0.4, 0.5) is 0 Å². The zero-order valence-electron chi connectivity index (χ0n) is 15.1. The van der Waals surface area contributed by atoms with Crippen molar-refractivity contribution in [1.82, 2.24) is 14.9 Å². The van der Waals surface area contributed by atoms with Gasteiger partial charge in [-0.3, -0.25) is 9.78 Å². The molecule has 136 valence electrons. The molecule has 1 aliphatic rings. The number of carbonyl (C=O) groups excluding carboxylic acids is 1. The molecule has 1 amide bonds. The van der Waals surface area contributed by atoms with Gasteiger partial charge in [0.15, 0.2) is 0 Å². The van der Waals surface area contributed by atoms with Gasteiger partial charge in [-0.2, -0.15) is 0 Å². The fourth-order valence-corrected chi connectivity index (χ4v) is 3.01. The van der Waals surface area contributed by atoms with Crippen molar-refractivity contribution in [2.24, 2.45) is 0 Å². The van der Waals surface area contributed by atoms with E-state index in [0.717, 1.165) is 16.7 Å². The number of rotatable bonds is 5. The molecule has 6 heteroatoms. The monoisotopic (exact) mass is 370 g/mol. The highest BCUT2D eigenvalue weighted by molar-refractivity contribution is 6.30. The summed E-state index contributed by atoms with van der Waals surface area (Å²) < 4.78 is 1.95. The van der Waals surface area contributed by atoms with Crippen LogP contribution < -0.4 is 5.32 Å². The molecule has 0 atom stereocenters. The summed E-state index contributed by atoms with van der Waals surface area (Å²) in [5.41, 5.74) is 3.84.